The maximum atomic E-state index is 12.6. The highest BCUT2D eigenvalue weighted by molar-refractivity contribution is 7.10. The van der Waals surface area contributed by atoms with Crippen LogP contribution in [-0.4, -0.2) is 34.5 Å². The molecule has 1 amide bonds. The van der Waals surface area contributed by atoms with E-state index in [9.17, 15) is 9.59 Å². The van der Waals surface area contributed by atoms with Gasteiger partial charge in [-0.1, -0.05) is 30.3 Å². The normalized spacial score (nSPS) is 13.2. The van der Waals surface area contributed by atoms with Crippen molar-refractivity contribution < 1.29 is 14.3 Å². The molecule has 0 fully saturated rings. The fourth-order valence-electron chi connectivity index (χ4n) is 3.77. The lowest BCUT2D eigenvalue weighted by Gasteiger charge is -2.26. The minimum absolute atomic E-state index is 0.145. The molecular weight excluding hydrogens is 384 g/mol. The third kappa shape index (κ3) is 4.12. The second-order valence-corrected chi connectivity index (χ2v) is 8.37. The lowest BCUT2D eigenvalue weighted by atomic mass is 10.1. The summed E-state index contributed by atoms with van der Waals surface area (Å²) in [5.41, 5.74) is 4.73. The van der Waals surface area contributed by atoms with E-state index in [1.54, 1.807) is 16.2 Å². The van der Waals surface area contributed by atoms with Gasteiger partial charge in [0.2, 0.25) is 0 Å². The lowest BCUT2D eigenvalue weighted by Crippen LogP contribution is -2.38. The number of hydrogen-bond acceptors (Lipinski definition) is 4. The number of esters is 1. The Kier molecular flexibility index (Phi) is 5.53. The smallest absolute Gasteiger partial charge is 0.340 e. The molecule has 3 aromatic rings. The molecule has 0 spiro atoms. The standard InChI is InChI=1S/C23H24N2O3S/c1-16-12-20(17(2)25(16)13-18-6-4-3-5-7-18)23(27)28-15-22(26)24-10-8-21-19(14-24)9-11-29-21/h3-7,9,11-12H,8,10,13-15H2,1-2H3. The van der Waals surface area contributed by atoms with E-state index in [2.05, 4.69) is 28.1 Å². The molecule has 2 aromatic heterocycles. The van der Waals surface area contributed by atoms with Gasteiger partial charge in [-0.2, -0.15) is 0 Å². The van der Waals surface area contributed by atoms with Gasteiger partial charge in [-0.15, -0.1) is 11.3 Å². The van der Waals surface area contributed by atoms with Crippen molar-refractivity contribution >= 4 is 23.2 Å². The summed E-state index contributed by atoms with van der Waals surface area (Å²) in [5.74, 6) is -0.590. The predicted molar refractivity (Wildman–Crippen MR) is 113 cm³/mol. The molecule has 0 radical (unpaired) electrons. The van der Waals surface area contributed by atoms with Gasteiger partial charge in [-0.3, -0.25) is 4.79 Å². The predicted octanol–water partition coefficient (Wildman–Crippen LogP) is 3.96. The largest absolute Gasteiger partial charge is 0.452 e. The molecule has 6 heteroatoms. The fourth-order valence-corrected chi connectivity index (χ4v) is 4.66. The zero-order chi connectivity index (χ0) is 20.4. The number of hydrogen-bond donors (Lipinski definition) is 0. The van der Waals surface area contributed by atoms with Crippen LogP contribution in [-0.2, 0) is 29.0 Å². The van der Waals surface area contributed by atoms with Crippen LogP contribution in [0.2, 0.25) is 0 Å². The zero-order valence-corrected chi connectivity index (χ0v) is 17.5. The SMILES string of the molecule is Cc1cc(C(=O)OCC(=O)N2CCc3sccc3C2)c(C)n1Cc1ccccc1. The lowest BCUT2D eigenvalue weighted by molar-refractivity contribution is -0.135. The Morgan fingerprint density at radius 2 is 1.93 bits per heavy atom. The van der Waals surface area contributed by atoms with E-state index >= 15 is 0 Å². The van der Waals surface area contributed by atoms with Gasteiger partial charge in [-0.05, 0) is 48.9 Å². The first-order chi connectivity index (χ1) is 14.0. The Morgan fingerprint density at radius 3 is 2.72 bits per heavy atom. The summed E-state index contributed by atoms with van der Waals surface area (Å²) in [5, 5.41) is 2.06. The Balaban J connectivity index is 1.39. The first kappa shape index (κ1) is 19.5. The minimum Gasteiger partial charge on any atom is -0.452 e. The van der Waals surface area contributed by atoms with Gasteiger partial charge in [0.25, 0.3) is 5.91 Å². The molecule has 1 aromatic carbocycles. The monoisotopic (exact) mass is 408 g/mol. The number of ether oxygens (including phenoxy) is 1. The van der Waals surface area contributed by atoms with Gasteiger partial charge < -0.3 is 14.2 Å². The molecule has 1 aliphatic rings. The van der Waals surface area contributed by atoms with E-state index < -0.39 is 5.97 Å². The first-order valence-corrected chi connectivity index (χ1v) is 10.6. The van der Waals surface area contributed by atoms with Crippen LogP contribution in [0.1, 0.15) is 37.7 Å². The van der Waals surface area contributed by atoms with Crippen LogP contribution in [0.4, 0.5) is 0 Å². The van der Waals surface area contributed by atoms with Crippen molar-refractivity contribution in [3.63, 3.8) is 0 Å². The highest BCUT2D eigenvalue weighted by atomic mass is 32.1. The zero-order valence-electron chi connectivity index (χ0n) is 16.7. The molecule has 0 saturated heterocycles. The molecule has 0 unspecified atom stereocenters. The molecular formula is C23H24N2O3S. The van der Waals surface area contributed by atoms with Gasteiger partial charge in [0, 0.05) is 35.9 Å². The maximum Gasteiger partial charge on any atom is 0.340 e. The average Bonchev–Trinajstić information content (AvgIpc) is 3.31. The molecule has 29 heavy (non-hydrogen) atoms. The van der Waals surface area contributed by atoms with Crippen molar-refractivity contribution in [3.05, 3.63) is 80.8 Å². The summed E-state index contributed by atoms with van der Waals surface area (Å²) in [6.07, 6.45) is 0.868. The van der Waals surface area contributed by atoms with Crippen molar-refractivity contribution in [2.75, 3.05) is 13.2 Å². The maximum absolute atomic E-state index is 12.6. The van der Waals surface area contributed by atoms with E-state index in [0.717, 1.165) is 17.8 Å². The van der Waals surface area contributed by atoms with Crippen LogP contribution in [0, 0.1) is 13.8 Å². The van der Waals surface area contributed by atoms with Crippen molar-refractivity contribution in [2.24, 2.45) is 0 Å². The summed E-state index contributed by atoms with van der Waals surface area (Å²) < 4.78 is 7.46. The molecule has 0 saturated carbocycles. The minimum atomic E-state index is -0.445. The Hall–Kier alpha value is -2.86. The number of nitrogens with zero attached hydrogens (tertiary/aromatic N) is 2. The number of amides is 1. The molecule has 0 bridgehead atoms. The second kappa shape index (κ2) is 8.25. The summed E-state index contributed by atoms with van der Waals surface area (Å²) in [6, 6.07) is 14.0. The molecule has 1 aliphatic heterocycles. The Morgan fingerprint density at radius 1 is 1.14 bits per heavy atom. The number of thiophene rings is 1. The van der Waals surface area contributed by atoms with Crippen LogP contribution in [0.25, 0.3) is 0 Å². The van der Waals surface area contributed by atoms with Crippen molar-refractivity contribution in [2.45, 2.75) is 33.4 Å². The number of fused-ring (bicyclic) bond motifs is 1. The molecule has 5 nitrogen and oxygen atoms in total. The fraction of sp³-hybridized carbons (Fsp3) is 0.304. The van der Waals surface area contributed by atoms with Crippen molar-refractivity contribution in [3.8, 4) is 0 Å². The summed E-state index contributed by atoms with van der Waals surface area (Å²) in [7, 11) is 0. The molecule has 0 aliphatic carbocycles. The summed E-state index contributed by atoms with van der Waals surface area (Å²) >= 11 is 1.73. The topological polar surface area (TPSA) is 51.5 Å². The first-order valence-electron chi connectivity index (χ1n) is 9.73. The Labute approximate surface area is 174 Å². The van der Waals surface area contributed by atoms with E-state index in [1.165, 1.54) is 16.0 Å². The van der Waals surface area contributed by atoms with Crippen LogP contribution in [0.15, 0.2) is 47.8 Å². The highest BCUT2D eigenvalue weighted by Crippen LogP contribution is 2.24. The van der Waals surface area contributed by atoms with Gasteiger partial charge in [-0.25, -0.2) is 4.79 Å². The molecule has 0 N–H and O–H groups in total. The van der Waals surface area contributed by atoms with Crippen LogP contribution in [0.3, 0.4) is 0 Å². The number of benzene rings is 1. The number of rotatable bonds is 5. The van der Waals surface area contributed by atoms with Crippen molar-refractivity contribution in [1.29, 1.82) is 0 Å². The quantitative estimate of drug-likeness (QED) is 0.601. The third-order valence-electron chi connectivity index (χ3n) is 5.46. The van der Waals surface area contributed by atoms with Gasteiger partial charge in [0.1, 0.15) is 0 Å². The summed E-state index contributed by atoms with van der Waals surface area (Å²) in [6.45, 7) is 5.64. The van der Waals surface area contributed by atoms with Crippen LogP contribution < -0.4 is 0 Å². The average molecular weight is 409 g/mol. The summed E-state index contributed by atoms with van der Waals surface area (Å²) in [4.78, 5) is 28.2. The third-order valence-corrected chi connectivity index (χ3v) is 6.49. The number of carbonyl (C=O) groups excluding carboxylic acids is 2. The second-order valence-electron chi connectivity index (χ2n) is 7.37. The van der Waals surface area contributed by atoms with Gasteiger partial charge in [0.15, 0.2) is 6.61 Å². The van der Waals surface area contributed by atoms with E-state index in [1.807, 2.05) is 38.1 Å². The van der Waals surface area contributed by atoms with E-state index in [4.69, 9.17) is 4.74 Å². The molecule has 150 valence electrons. The molecule has 4 rings (SSSR count). The molecule has 3 heterocycles. The molecule has 0 atom stereocenters. The Bertz CT molecular complexity index is 1040. The van der Waals surface area contributed by atoms with Crippen molar-refractivity contribution in [1.82, 2.24) is 9.47 Å². The number of carbonyl (C=O) groups is 2. The number of aromatic nitrogens is 1. The van der Waals surface area contributed by atoms with E-state index in [0.29, 0.717) is 25.2 Å². The number of aryl methyl sites for hydroxylation is 1. The van der Waals surface area contributed by atoms with Gasteiger partial charge >= 0.3 is 5.97 Å². The highest BCUT2D eigenvalue weighted by Gasteiger charge is 2.23. The van der Waals surface area contributed by atoms with Crippen LogP contribution >= 0.6 is 11.3 Å². The van der Waals surface area contributed by atoms with Gasteiger partial charge in [0.05, 0.1) is 5.56 Å². The van der Waals surface area contributed by atoms with Crippen LogP contribution in [0.5, 0.6) is 0 Å². The van der Waals surface area contributed by atoms with E-state index in [-0.39, 0.29) is 12.5 Å².